The number of thiocarbonyl (C=S) groups is 1. The van der Waals surface area contributed by atoms with Gasteiger partial charge in [-0.05, 0) is 31.1 Å². The number of amides is 2. The summed E-state index contributed by atoms with van der Waals surface area (Å²) in [6.45, 7) is 4.83. The van der Waals surface area contributed by atoms with E-state index in [1.807, 2.05) is 18.7 Å². The molecule has 0 fully saturated rings. The zero-order valence-electron chi connectivity index (χ0n) is 15.7. The molecule has 28 heavy (non-hydrogen) atoms. The van der Waals surface area contributed by atoms with Crippen LogP contribution >= 0.6 is 33.8 Å². The van der Waals surface area contributed by atoms with Gasteiger partial charge in [0.25, 0.3) is 0 Å². The average Bonchev–Trinajstić information content (AvgIpc) is 2.64. The van der Waals surface area contributed by atoms with Crippen LogP contribution in [0.15, 0.2) is 0 Å². The molecule has 2 atom stereocenters. The molecule has 0 bridgehead atoms. The number of nitrogens with zero attached hydrogens (tertiary/aromatic N) is 1. The Morgan fingerprint density at radius 1 is 1.18 bits per heavy atom. The van der Waals surface area contributed by atoms with E-state index in [-0.39, 0.29) is 18.6 Å². The smallest absolute Gasteiger partial charge is 0.322 e. The standard InChI is InChI=1S/C15H26N4O6S3/c1-3-19(4-2)15(26)28-27-8-10(13(23)17-7-12(21)22)18-11(20)6-5-9(16)14(24)25/h9-10H,3-8,16H2,1-2H3,(H,17,23)(H,18,20)(H,21,22)(H,24,25)/t9-,10-/m0/s1. The molecule has 0 aliphatic carbocycles. The summed E-state index contributed by atoms with van der Waals surface area (Å²) in [4.78, 5) is 47.5. The van der Waals surface area contributed by atoms with Crippen LogP contribution in [0, 0.1) is 0 Å². The molecular formula is C15H26N4O6S3. The molecule has 0 aromatic carbocycles. The van der Waals surface area contributed by atoms with Gasteiger partial charge in [-0.2, -0.15) is 0 Å². The van der Waals surface area contributed by atoms with E-state index in [1.165, 1.54) is 21.6 Å². The number of carbonyl (C=O) groups excluding carboxylic acids is 2. The Kier molecular flexibility index (Phi) is 13.6. The van der Waals surface area contributed by atoms with E-state index in [9.17, 15) is 19.2 Å². The summed E-state index contributed by atoms with van der Waals surface area (Å²) in [5, 5.41) is 22.1. The monoisotopic (exact) mass is 454 g/mol. The number of carboxylic acids is 2. The van der Waals surface area contributed by atoms with Crippen LogP contribution < -0.4 is 16.4 Å². The first-order valence-corrected chi connectivity index (χ1v) is 11.2. The number of rotatable bonds is 13. The van der Waals surface area contributed by atoms with Crippen LogP contribution in [-0.4, -0.2) is 80.7 Å². The summed E-state index contributed by atoms with van der Waals surface area (Å²) >= 11 is 5.29. The summed E-state index contributed by atoms with van der Waals surface area (Å²) in [6.07, 6.45) is -0.260. The summed E-state index contributed by atoms with van der Waals surface area (Å²) in [7, 11) is 2.54. The molecule has 0 radical (unpaired) electrons. The van der Waals surface area contributed by atoms with E-state index in [0.717, 1.165) is 13.1 Å². The molecule has 6 N–H and O–H groups in total. The summed E-state index contributed by atoms with van der Waals surface area (Å²) in [5.41, 5.74) is 5.35. The Labute approximate surface area is 176 Å². The Balaban J connectivity index is 4.75. The van der Waals surface area contributed by atoms with Crippen LogP contribution in [0.2, 0.25) is 0 Å². The van der Waals surface area contributed by atoms with Gasteiger partial charge in [-0.15, -0.1) is 0 Å². The summed E-state index contributed by atoms with van der Waals surface area (Å²) < 4.78 is 0.637. The number of aliphatic carboxylic acids is 2. The number of nitrogens with two attached hydrogens (primary N) is 1. The van der Waals surface area contributed by atoms with Gasteiger partial charge in [-0.1, -0.05) is 23.0 Å². The van der Waals surface area contributed by atoms with E-state index in [1.54, 1.807) is 0 Å². The predicted molar refractivity (Wildman–Crippen MR) is 113 cm³/mol. The summed E-state index contributed by atoms with van der Waals surface area (Å²) in [6, 6.07) is -2.17. The van der Waals surface area contributed by atoms with Crippen molar-refractivity contribution in [2.24, 2.45) is 5.73 Å². The van der Waals surface area contributed by atoms with E-state index in [4.69, 9.17) is 28.2 Å². The van der Waals surface area contributed by atoms with Gasteiger partial charge in [-0.25, -0.2) is 0 Å². The van der Waals surface area contributed by atoms with Crippen molar-refractivity contribution in [3.8, 4) is 0 Å². The lowest BCUT2D eigenvalue weighted by atomic mass is 10.1. The maximum Gasteiger partial charge on any atom is 0.322 e. The molecular weight excluding hydrogens is 428 g/mol. The highest BCUT2D eigenvalue weighted by Crippen LogP contribution is 2.25. The SMILES string of the molecule is CCN(CC)C(=S)SSC[C@H](NC(=O)CC[C@H](N)C(=O)O)C(=O)NCC(=O)O. The maximum absolute atomic E-state index is 12.2. The minimum atomic E-state index is -1.22. The number of carboxylic acid groups (broad SMARTS) is 2. The van der Waals surface area contributed by atoms with Gasteiger partial charge in [0.05, 0.1) is 0 Å². The van der Waals surface area contributed by atoms with Gasteiger partial charge in [-0.3, -0.25) is 19.2 Å². The molecule has 0 aliphatic rings. The number of hydrogen-bond acceptors (Lipinski definition) is 8. The topological polar surface area (TPSA) is 162 Å². The van der Waals surface area contributed by atoms with Crippen molar-refractivity contribution in [3.05, 3.63) is 0 Å². The molecule has 0 unspecified atom stereocenters. The van der Waals surface area contributed by atoms with Crippen LogP contribution in [0.1, 0.15) is 26.7 Å². The zero-order chi connectivity index (χ0) is 21.7. The molecule has 0 aliphatic heterocycles. The van der Waals surface area contributed by atoms with Gasteiger partial charge >= 0.3 is 11.9 Å². The maximum atomic E-state index is 12.2. The Hall–Kier alpha value is -1.57. The van der Waals surface area contributed by atoms with Crippen molar-refractivity contribution in [2.75, 3.05) is 25.4 Å². The van der Waals surface area contributed by atoms with Crippen molar-refractivity contribution >= 4 is 61.9 Å². The molecule has 0 heterocycles. The van der Waals surface area contributed by atoms with Crippen molar-refractivity contribution in [2.45, 2.75) is 38.8 Å². The van der Waals surface area contributed by atoms with E-state index in [0.29, 0.717) is 4.32 Å². The summed E-state index contributed by atoms with van der Waals surface area (Å²) in [5.74, 6) is -3.49. The van der Waals surface area contributed by atoms with Crippen LogP contribution in [0.4, 0.5) is 0 Å². The Morgan fingerprint density at radius 3 is 2.29 bits per heavy atom. The van der Waals surface area contributed by atoms with Crippen molar-refractivity contribution in [1.82, 2.24) is 15.5 Å². The average molecular weight is 455 g/mol. The molecule has 0 aromatic rings. The van der Waals surface area contributed by atoms with Gasteiger partial charge in [0.1, 0.15) is 22.9 Å². The van der Waals surface area contributed by atoms with Crippen LogP contribution in [0.25, 0.3) is 0 Å². The van der Waals surface area contributed by atoms with E-state index < -0.39 is 42.4 Å². The van der Waals surface area contributed by atoms with E-state index >= 15 is 0 Å². The Morgan fingerprint density at radius 2 is 1.79 bits per heavy atom. The first-order valence-electron chi connectivity index (χ1n) is 8.47. The molecule has 0 spiro atoms. The number of nitrogens with one attached hydrogen (secondary N) is 2. The van der Waals surface area contributed by atoms with Crippen LogP contribution in [-0.2, 0) is 19.2 Å². The molecule has 10 nitrogen and oxygen atoms in total. The third-order valence-electron chi connectivity index (χ3n) is 3.45. The van der Waals surface area contributed by atoms with Gasteiger partial charge in [0.2, 0.25) is 11.8 Å². The lowest BCUT2D eigenvalue weighted by molar-refractivity contribution is -0.139. The molecule has 160 valence electrons. The highest BCUT2D eigenvalue weighted by Gasteiger charge is 2.23. The Bertz CT molecular complexity index is 574. The van der Waals surface area contributed by atoms with Gasteiger partial charge in [0.15, 0.2) is 0 Å². The highest BCUT2D eigenvalue weighted by atomic mass is 33.1. The lowest BCUT2D eigenvalue weighted by Crippen LogP contribution is -2.49. The highest BCUT2D eigenvalue weighted by molar-refractivity contribution is 8.83. The fraction of sp³-hybridized carbons (Fsp3) is 0.667. The third-order valence-corrected chi connectivity index (χ3v) is 6.50. The minimum Gasteiger partial charge on any atom is -0.480 e. The van der Waals surface area contributed by atoms with Crippen molar-refractivity contribution in [1.29, 1.82) is 0 Å². The largest absolute Gasteiger partial charge is 0.480 e. The van der Waals surface area contributed by atoms with Crippen molar-refractivity contribution < 1.29 is 29.4 Å². The second-order valence-corrected chi connectivity index (χ2v) is 8.50. The number of carbonyl (C=O) groups is 4. The lowest BCUT2D eigenvalue weighted by Gasteiger charge is -2.21. The molecule has 0 saturated carbocycles. The second-order valence-electron chi connectivity index (χ2n) is 5.52. The minimum absolute atomic E-state index is 0.0848. The van der Waals surface area contributed by atoms with E-state index in [2.05, 4.69) is 10.6 Å². The first-order chi connectivity index (χ1) is 13.1. The molecule has 0 aromatic heterocycles. The van der Waals surface area contributed by atoms with Gasteiger partial charge in [0, 0.05) is 25.3 Å². The first kappa shape index (κ1) is 26.4. The number of hydrogen-bond donors (Lipinski definition) is 5. The van der Waals surface area contributed by atoms with Crippen LogP contribution in [0.5, 0.6) is 0 Å². The second kappa shape index (κ2) is 14.4. The molecule has 13 heteroatoms. The molecule has 0 rings (SSSR count). The fourth-order valence-corrected chi connectivity index (χ4v) is 4.66. The zero-order valence-corrected chi connectivity index (χ0v) is 18.1. The van der Waals surface area contributed by atoms with Gasteiger partial charge < -0.3 is 31.5 Å². The molecule has 2 amide bonds. The third kappa shape index (κ3) is 11.3. The quantitative estimate of drug-likeness (QED) is 0.186. The van der Waals surface area contributed by atoms with Crippen LogP contribution in [0.3, 0.4) is 0 Å². The normalized spacial score (nSPS) is 12.5. The molecule has 0 saturated heterocycles. The van der Waals surface area contributed by atoms with Crippen molar-refractivity contribution in [3.63, 3.8) is 0 Å². The predicted octanol–water partition coefficient (Wildman–Crippen LogP) is -0.128. The fourth-order valence-electron chi connectivity index (χ4n) is 1.83.